The molecule has 1 saturated heterocycles. The summed E-state index contributed by atoms with van der Waals surface area (Å²) in [6, 6.07) is 11.1. The average Bonchev–Trinajstić information content (AvgIpc) is 2.48. The number of benzene rings is 2. The van der Waals surface area contributed by atoms with E-state index in [0.717, 1.165) is 34.5 Å². The fourth-order valence-corrected chi connectivity index (χ4v) is 4.05. The predicted molar refractivity (Wildman–Crippen MR) is 86.6 cm³/mol. The van der Waals surface area contributed by atoms with Crippen molar-refractivity contribution in [3.05, 3.63) is 40.9 Å². The van der Waals surface area contributed by atoms with Gasteiger partial charge in [0.2, 0.25) is 0 Å². The molecule has 0 bridgehead atoms. The van der Waals surface area contributed by atoms with E-state index in [1.165, 1.54) is 4.31 Å². The van der Waals surface area contributed by atoms with Crippen LogP contribution in [0.15, 0.2) is 40.9 Å². The van der Waals surface area contributed by atoms with E-state index >= 15 is 0 Å². The Balaban J connectivity index is 1.85. The fourth-order valence-electron chi connectivity index (χ4n) is 2.51. The van der Waals surface area contributed by atoms with Crippen molar-refractivity contribution in [1.29, 1.82) is 0 Å². The first-order chi connectivity index (χ1) is 10.0. The zero-order valence-corrected chi connectivity index (χ0v) is 13.9. The molecule has 2 aromatic carbocycles. The first kappa shape index (κ1) is 14.8. The number of rotatable bonds is 3. The topological polar surface area (TPSA) is 46.6 Å². The summed E-state index contributed by atoms with van der Waals surface area (Å²) in [5.74, 6) is 0.357. The van der Waals surface area contributed by atoms with Crippen LogP contribution >= 0.6 is 15.9 Å². The van der Waals surface area contributed by atoms with E-state index in [4.69, 9.17) is 4.18 Å². The number of fused-ring (bicyclic) bond motifs is 1. The van der Waals surface area contributed by atoms with Gasteiger partial charge in [0.1, 0.15) is 5.75 Å². The van der Waals surface area contributed by atoms with Crippen LogP contribution < -0.4 is 4.18 Å². The van der Waals surface area contributed by atoms with Crippen molar-refractivity contribution in [2.24, 2.45) is 0 Å². The first-order valence-electron chi connectivity index (χ1n) is 6.93. The SMILES string of the molecule is O=S(=O)(Oc1ccc2cc(Br)ccc2c1)N1CCCCC1. The molecule has 1 fully saturated rings. The van der Waals surface area contributed by atoms with Crippen molar-refractivity contribution in [3.8, 4) is 5.75 Å². The Morgan fingerprint density at radius 1 is 0.952 bits per heavy atom. The molecule has 0 aliphatic carbocycles. The van der Waals surface area contributed by atoms with E-state index in [2.05, 4.69) is 15.9 Å². The molecule has 4 nitrogen and oxygen atoms in total. The molecule has 6 heteroatoms. The Morgan fingerprint density at radius 3 is 2.38 bits per heavy atom. The van der Waals surface area contributed by atoms with Crippen LogP contribution in [0.2, 0.25) is 0 Å². The Morgan fingerprint density at radius 2 is 1.62 bits per heavy atom. The molecule has 3 rings (SSSR count). The molecule has 1 heterocycles. The van der Waals surface area contributed by atoms with E-state index in [1.54, 1.807) is 12.1 Å². The van der Waals surface area contributed by atoms with Crippen LogP contribution in [0.1, 0.15) is 19.3 Å². The lowest BCUT2D eigenvalue weighted by Crippen LogP contribution is -2.38. The van der Waals surface area contributed by atoms with Gasteiger partial charge in [-0.1, -0.05) is 34.5 Å². The highest BCUT2D eigenvalue weighted by molar-refractivity contribution is 9.10. The maximum Gasteiger partial charge on any atom is 0.385 e. The van der Waals surface area contributed by atoms with Gasteiger partial charge in [-0.05, 0) is 47.9 Å². The average molecular weight is 370 g/mol. The Hall–Kier alpha value is -1.11. The minimum atomic E-state index is -3.69. The standard InChI is InChI=1S/C15H16BrNO3S/c16-14-6-4-13-11-15(7-5-12(13)10-14)20-21(18,19)17-8-2-1-3-9-17/h4-7,10-11H,1-3,8-9H2. The highest BCUT2D eigenvalue weighted by Gasteiger charge is 2.25. The molecular weight excluding hydrogens is 354 g/mol. The van der Waals surface area contributed by atoms with Gasteiger partial charge in [0.15, 0.2) is 0 Å². The van der Waals surface area contributed by atoms with Gasteiger partial charge in [-0.2, -0.15) is 12.7 Å². The first-order valence-corrected chi connectivity index (χ1v) is 9.09. The monoisotopic (exact) mass is 369 g/mol. The molecule has 0 radical (unpaired) electrons. The molecule has 0 atom stereocenters. The van der Waals surface area contributed by atoms with Gasteiger partial charge in [0.05, 0.1) is 0 Å². The summed E-state index contributed by atoms with van der Waals surface area (Å²) in [6.45, 7) is 1.09. The molecule has 21 heavy (non-hydrogen) atoms. The van der Waals surface area contributed by atoms with Crippen LogP contribution in [-0.2, 0) is 10.3 Å². The third kappa shape index (κ3) is 3.39. The van der Waals surface area contributed by atoms with Gasteiger partial charge in [-0.3, -0.25) is 0 Å². The molecule has 0 N–H and O–H groups in total. The second-order valence-electron chi connectivity index (χ2n) is 5.15. The predicted octanol–water partition coefficient (Wildman–Crippen LogP) is 3.71. The number of nitrogens with zero attached hydrogens (tertiary/aromatic N) is 1. The summed E-state index contributed by atoms with van der Waals surface area (Å²) < 4.78 is 32.2. The number of hydrogen-bond donors (Lipinski definition) is 0. The lowest BCUT2D eigenvalue weighted by atomic mass is 10.1. The highest BCUT2D eigenvalue weighted by atomic mass is 79.9. The van der Waals surface area contributed by atoms with Crippen molar-refractivity contribution < 1.29 is 12.6 Å². The second-order valence-corrected chi connectivity index (χ2v) is 7.61. The molecular formula is C15H16BrNO3S. The second kappa shape index (κ2) is 5.94. The van der Waals surface area contributed by atoms with Crippen LogP contribution in [0.4, 0.5) is 0 Å². The lowest BCUT2D eigenvalue weighted by Gasteiger charge is -2.25. The van der Waals surface area contributed by atoms with E-state index < -0.39 is 10.3 Å². The Labute approximate surface area is 133 Å². The zero-order valence-electron chi connectivity index (χ0n) is 11.5. The van der Waals surface area contributed by atoms with Gasteiger partial charge in [0, 0.05) is 17.6 Å². The van der Waals surface area contributed by atoms with Crippen LogP contribution in [0, 0.1) is 0 Å². The summed E-state index contributed by atoms with van der Waals surface area (Å²) in [6.07, 6.45) is 2.87. The van der Waals surface area contributed by atoms with Crippen molar-refractivity contribution in [3.63, 3.8) is 0 Å². The maximum absolute atomic E-state index is 12.2. The molecule has 0 spiro atoms. The smallest absolute Gasteiger partial charge is 0.371 e. The summed E-state index contributed by atoms with van der Waals surface area (Å²) in [4.78, 5) is 0. The van der Waals surface area contributed by atoms with Crippen LogP contribution in [0.5, 0.6) is 5.75 Å². The Bertz CT molecular complexity index is 755. The molecule has 0 aromatic heterocycles. The Kier molecular flexibility index (Phi) is 4.19. The van der Waals surface area contributed by atoms with Crippen LogP contribution in [0.25, 0.3) is 10.8 Å². The highest BCUT2D eigenvalue weighted by Crippen LogP contribution is 2.26. The lowest BCUT2D eigenvalue weighted by molar-refractivity contribution is 0.312. The van der Waals surface area contributed by atoms with Gasteiger partial charge in [-0.25, -0.2) is 0 Å². The quantitative estimate of drug-likeness (QED) is 0.828. The van der Waals surface area contributed by atoms with Crippen molar-refractivity contribution in [2.75, 3.05) is 13.1 Å². The van der Waals surface area contributed by atoms with Crippen LogP contribution in [0.3, 0.4) is 0 Å². The number of hydrogen-bond acceptors (Lipinski definition) is 3. The van der Waals surface area contributed by atoms with E-state index in [0.29, 0.717) is 18.8 Å². The van der Waals surface area contributed by atoms with Crippen molar-refractivity contribution in [2.45, 2.75) is 19.3 Å². The summed E-state index contributed by atoms with van der Waals surface area (Å²) in [7, 11) is -3.69. The van der Waals surface area contributed by atoms with E-state index in [1.807, 2.05) is 24.3 Å². The largest absolute Gasteiger partial charge is 0.385 e. The molecule has 0 saturated carbocycles. The van der Waals surface area contributed by atoms with Gasteiger partial charge < -0.3 is 4.18 Å². The van der Waals surface area contributed by atoms with Crippen molar-refractivity contribution >= 4 is 37.0 Å². The summed E-state index contributed by atoms with van der Waals surface area (Å²) in [5, 5.41) is 1.98. The van der Waals surface area contributed by atoms with Crippen LogP contribution in [-0.4, -0.2) is 25.8 Å². The maximum atomic E-state index is 12.2. The van der Waals surface area contributed by atoms with Gasteiger partial charge in [0.25, 0.3) is 0 Å². The third-order valence-corrected chi connectivity index (χ3v) is 5.50. The summed E-state index contributed by atoms with van der Waals surface area (Å²) >= 11 is 3.42. The molecule has 0 unspecified atom stereocenters. The zero-order chi connectivity index (χ0) is 14.9. The molecule has 112 valence electrons. The van der Waals surface area contributed by atoms with Gasteiger partial charge >= 0.3 is 10.3 Å². The molecule has 1 aliphatic heterocycles. The number of piperidine rings is 1. The molecule has 0 amide bonds. The molecule has 2 aromatic rings. The molecule has 1 aliphatic rings. The van der Waals surface area contributed by atoms with Crippen molar-refractivity contribution in [1.82, 2.24) is 4.31 Å². The summed E-state index contributed by atoms with van der Waals surface area (Å²) in [5.41, 5.74) is 0. The van der Waals surface area contributed by atoms with E-state index in [-0.39, 0.29) is 0 Å². The minimum absolute atomic E-state index is 0.357. The third-order valence-electron chi connectivity index (χ3n) is 3.61. The normalized spacial score (nSPS) is 17.0. The van der Waals surface area contributed by atoms with Gasteiger partial charge in [-0.15, -0.1) is 0 Å². The number of halogens is 1. The fraction of sp³-hybridized carbons (Fsp3) is 0.333. The van der Waals surface area contributed by atoms with E-state index in [9.17, 15) is 8.42 Å². The minimum Gasteiger partial charge on any atom is -0.371 e.